The Kier molecular flexibility index (Phi) is 3.95. The van der Waals surface area contributed by atoms with Crippen LogP contribution in [-0.4, -0.2) is 49.1 Å². The first kappa shape index (κ1) is 14.4. The fraction of sp³-hybridized carbons (Fsp3) is 0.545. The van der Waals surface area contributed by atoms with E-state index in [1.165, 1.54) is 16.4 Å². The average Bonchev–Trinajstić information content (AvgIpc) is 2.77. The summed E-state index contributed by atoms with van der Waals surface area (Å²) in [5.74, 6) is -1.12. The van der Waals surface area contributed by atoms with E-state index in [-0.39, 0.29) is 34.4 Å². The van der Waals surface area contributed by atoms with Crippen LogP contribution in [0.1, 0.15) is 23.5 Å². The van der Waals surface area contributed by atoms with Crippen molar-refractivity contribution in [1.29, 1.82) is 0 Å². The molecule has 0 unspecified atom stereocenters. The van der Waals surface area contributed by atoms with Crippen LogP contribution in [0.3, 0.4) is 0 Å². The van der Waals surface area contributed by atoms with E-state index >= 15 is 0 Å². The molecular weight excluding hydrogens is 290 g/mol. The second-order valence-corrected chi connectivity index (χ2v) is 7.75. The summed E-state index contributed by atoms with van der Waals surface area (Å²) in [5, 5.41) is 8.84. The normalized spacial score (nSPS) is 25.4. The van der Waals surface area contributed by atoms with Crippen LogP contribution >= 0.6 is 11.3 Å². The molecule has 0 radical (unpaired) electrons. The number of carbonyl (C=O) groups is 1. The summed E-state index contributed by atoms with van der Waals surface area (Å²) in [6.07, 6.45) is -0.338. The molecule has 1 aliphatic heterocycles. The molecule has 6 nitrogen and oxygen atoms in total. The van der Waals surface area contributed by atoms with Gasteiger partial charge in [-0.05, 0) is 26.0 Å². The molecule has 0 amide bonds. The Morgan fingerprint density at radius 2 is 1.95 bits per heavy atom. The van der Waals surface area contributed by atoms with Crippen molar-refractivity contribution in [1.82, 2.24) is 4.31 Å². The summed E-state index contributed by atoms with van der Waals surface area (Å²) in [6.45, 7) is 4.20. The van der Waals surface area contributed by atoms with Gasteiger partial charge in [-0.3, -0.25) is 0 Å². The Morgan fingerprint density at radius 1 is 1.37 bits per heavy atom. The Labute approximate surface area is 115 Å². The molecule has 0 saturated carbocycles. The van der Waals surface area contributed by atoms with Crippen molar-refractivity contribution < 1.29 is 23.1 Å². The predicted molar refractivity (Wildman–Crippen MR) is 70.0 cm³/mol. The molecule has 19 heavy (non-hydrogen) atoms. The first-order valence-corrected chi connectivity index (χ1v) is 8.05. The van der Waals surface area contributed by atoms with Crippen LogP contribution in [0, 0.1) is 0 Å². The number of carboxylic acid groups (broad SMARTS) is 1. The molecule has 2 rings (SSSR count). The monoisotopic (exact) mass is 305 g/mol. The van der Waals surface area contributed by atoms with E-state index in [1.54, 1.807) is 0 Å². The molecule has 1 aromatic heterocycles. The smallest absolute Gasteiger partial charge is 0.345 e. The van der Waals surface area contributed by atoms with Gasteiger partial charge in [0.25, 0.3) is 10.0 Å². The molecule has 2 atom stereocenters. The van der Waals surface area contributed by atoms with Crippen molar-refractivity contribution in [3.8, 4) is 0 Å². The maximum atomic E-state index is 12.4. The van der Waals surface area contributed by atoms with Crippen LogP contribution < -0.4 is 0 Å². The minimum Gasteiger partial charge on any atom is -0.477 e. The topological polar surface area (TPSA) is 83.9 Å². The largest absolute Gasteiger partial charge is 0.477 e. The Morgan fingerprint density at radius 3 is 2.42 bits per heavy atom. The van der Waals surface area contributed by atoms with E-state index in [9.17, 15) is 13.2 Å². The SMILES string of the molecule is C[C@@H]1CN(S(=O)(=O)c2ccc(C(=O)O)s2)C[C@H](C)O1. The summed E-state index contributed by atoms with van der Waals surface area (Å²) in [7, 11) is -3.63. The number of hydrogen-bond donors (Lipinski definition) is 1. The second kappa shape index (κ2) is 5.20. The van der Waals surface area contributed by atoms with Crippen molar-refractivity contribution in [3.05, 3.63) is 17.0 Å². The Hall–Kier alpha value is -0.960. The highest BCUT2D eigenvalue weighted by molar-refractivity contribution is 7.91. The van der Waals surface area contributed by atoms with Gasteiger partial charge < -0.3 is 9.84 Å². The molecule has 1 aliphatic rings. The molecule has 0 spiro atoms. The zero-order valence-corrected chi connectivity index (χ0v) is 12.2. The zero-order valence-electron chi connectivity index (χ0n) is 10.6. The first-order chi connectivity index (χ1) is 8.80. The third-order valence-electron chi connectivity index (χ3n) is 2.77. The highest BCUT2D eigenvalue weighted by Gasteiger charge is 2.33. The third kappa shape index (κ3) is 2.97. The van der Waals surface area contributed by atoms with Gasteiger partial charge in [0, 0.05) is 13.1 Å². The predicted octanol–water partition coefficient (Wildman–Crippen LogP) is 1.24. The molecule has 1 saturated heterocycles. The van der Waals surface area contributed by atoms with Crippen LogP contribution in [0.25, 0.3) is 0 Å². The number of aromatic carboxylic acids is 1. The summed E-state index contributed by atoms with van der Waals surface area (Å²) >= 11 is 0.774. The zero-order chi connectivity index (χ0) is 14.2. The van der Waals surface area contributed by atoms with Gasteiger partial charge in [0.15, 0.2) is 0 Å². The highest BCUT2D eigenvalue weighted by Crippen LogP contribution is 2.27. The van der Waals surface area contributed by atoms with Gasteiger partial charge in [0.05, 0.1) is 12.2 Å². The van der Waals surface area contributed by atoms with Gasteiger partial charge in [-0.2, -0.15) is 4.31 Å². The lowest BCUT2D eigenvalue weighted by molar-refractivity contribution is -0.0440. The molecular formula is C11H15NO5S2. The van der Waals surface area contributed by atoms with Gasteiger partial charge in [0.2, 0.25) is 0 Å². The Bertz CT molecular complexity index is 570. The number of carboxylic acids is 1. The van der Waals surface area contributed by atoms with Crippen molar-refractivity contribution in [2.45, 2.75) is 30.3 Å². The molecule has 106 valence electrons. The minimum absolute atomic E-state index is 0.0212. The van der Waals surface area contributed by atoms with Crippen LogP contribution in [0.15, 0.2) is 16.3 Å². The molecule has 1 N–H and O–H groups in total. The van der Waals surface area contributed by atoms with Crippen LogP contribution in [0.5, 0.6) is 0 Å². The molecule has 8 heteroatoms. The van der Waals surface area contributed by atoms with Gasteiger partial charge in [0.1, 0.15) is 9.09 Å². The highest BCUT2D eigenvalue weighted by atomic mass is 32.2. The van der Waals surface area contributed by atoms with Crippen LogP contribution in [0.4, 0.5) is 0 Å². The molecule has 0 aromatic carbocycles. The van der Waals surface area contributed by atoms with Crippen molar-refractivity contribution in [2.24, 2.45) is 0 Å². The number of nitrogens with zero attached hydrogens (tertiary/aromatic N) is 1. The van der Waals surface area contributed by atoms with Gasteiger partial charge in [-0.25, -0.2) is 13.2 Å². The molecule has 1 fully saturated rings. The Balaban J connectivity index is 2.28. The lowest BCUT2D eigenvalue weighted by Gasteiger charge is -2.34. The fourth-order valence-corrected chi connectivity index (χ4v) is 4.92. The first-order valence-electron chi connectivity index (χ1n) is 5.79. The molecule has 0 aliphatic carbocycles. The number of hydrogen-bond acceptors (Lipinski definition) is 5. The minimum atomic E-state index is -3.63. The van der Waals surface area contributed by atoms with Gasteiger partial charge in [-0.1, -0.05) is 0 Å². The lowest BCUT2D eigenvalue weighted by Crippen LogP contribution is -2.47. The van der Waals surface area contributed by atoms with Crippen LogP contribution in [0.2, 0.25) is 0 Å². The third-order valence-corrected chi connectivity index (χ3v) is 6.14. The number of thiophene rings is 1. The van der Waals surface area contributed by atoms with E-state index in [0.29, 0.717) is 0 Å². The fourth-order valence-electron chi connectivity index (χ4n) is 2.03. The van der Waals surface area contributed by atoms with E-state index in [1.807, 2.05) is 13.8 Å². The lowest BCUT2D eigenvalue weighted by atomic mass is 10.3. The number of ether oxygens (including phenoxy) is 1. The number of sulfonamides is 1. The van der Waals surface area contributed by atoms with E-state index < -0.39 is 16.0 Å². The molecule has 1 aromatic rings. The van der Waals surface area contributed by atoms with Gasteiger partial charge in [-0.15, -0.1) is 11.3 Å². The quantitative estimate of drug-likeness (QED) is 0.908. The summed E-state index contributed by atoms with van der Waals surface area (Å²) in [6, 6.07) is 2.65. The van der Waals surface area contributed by atoms with E-state index in [0.717, 1.165) is 11.3 Å². The van der Waals surface area contributed by atoms with Gasteiger partial charge >= 0.3 is 5.97 Å². The van der Waals surface area contributed by atoms with Crippen LogP contribution in [-0.2, 0) is 14.8 Å². The number of rotatable bonds is 3. The van der Waals surface area contributed by atoms with E-state index in [4.69, 9.17) is 9.84 Å². The summed E-state index contributed by atoms with van der Waals surface area (Å²) < 4.78 is 31.7. The van der Waals surface area contributed by atoms with Crippen molar-refractivity contribution in [3.63, 3.8) is 0 Å². The second-order valence-electron chi connectivity index (χ2n) is 4.50. The van der Waals surface area contributed by atoms with Crippen molar-refractivity contribution in [2.75, 3.05) is 13.1 Å². The standard InChI is InChI=1S/C11H15NO5S2/c1-7-5-12(6-8(2)17-7)19(15,16)10-4-3-9(18-10)11(13)14/h3-4,7-8H,5-6H2,1-2H3,(H,13,14)/t7-,8+. The summed E-state index contributed by atoms with van der Waals surface area (Å²) in [4.78, 5) is 10.8. The average molecular weight is 305 g/mol. The molecule has 2 heterocycles. The van der Waals surface area contributed by atoms with E-state index in [2.05, 4.69) is 0 Å². The number of morpholine rings is 1. The molecule has 0 bridgehead atoms. The maximum absolute atomic E-state index is 12.4. The van der Waals surface area contributed by atoms with Crippen molar-refractivity contribution >= 4 is 27.3 Å². The summed E-state index contributed by atoms with van der Waals surface area (Å²) in [5.41, 5.74) is 0. The maximum Gasteiger partial charge on any atom is 0.345 e.